The highest BCUT2D eigenvalue weighted by Crippen LogP contribution is 2.40. The molecule has 0 aliphatic heterocycles. The van der Waals surface area contributed by atoms with Crippen LogP contribution in [0.25, 0.3) is 0 Å². The maximum atomic E-state index is 10.5. The second-order valence-electron chi connectivity index (χ2n) is 5.22. The molecule has 0 bridgehead atoms. The predicted molar refractivity (Wildman–Crippen MR) is 79.4 cm³/mol. The molecule has 0 spiro atoms. The molecule has 0 heterocycles. The van der Waals surface area contributed by atoms with Crippen LogP contribution in [0.4, 0.5) is 0 Å². The topological polar surface area (TPSA) is 20.2 Å². The summed E-state index contributed by atoms with van der Waals surface area (Å²) in [6, 6.07) is 10.1. The molecule has 3 heteroatoms. The van der Waals surface area contributed by atoms with Crippen LogP contribution in [0, 0.1) is 5.41 Å². The number of hydrogen-bond donors (Lipinski definition) is 1. The van der Waals surface area contributed by atoms with Gasteiger partial charge in [0.05, 0.1) is 5.60 Å². The summed E-state index contributed by atoms with van der Waals surface area (Å²) >= 11 is 5.09. The molecule has 1 aromatic rings. The average molecular weight is 315 g/mol. The summed E-state index contributed by atoms with van der Waals surface area (Å²) in [6.07, 6.45) is 0. The molecule has 0 aliphatic rings. The van der Waals surface area contributed by atoms with Gasteiger partial charge in [-0.05, 0) is 29.9 Å². The van der Waals surface area contributed by atoms with Gasteiger partial charge >= 0.3 is 0 Å². The summed E-state index contributed by atoms with van der Waals surface area (Å²) in [6.45, 7) is 7.90. The Morgan fingerprint density at radius 2 is 1.71 bits per heavy atom. The lowest BCUT2D eigenvalue weighted by Crippen LogP contribution is -2.39. The Morgan fingerprint density at radius 3 is 2.18 bits per heavy atom. The number of benzene rings is 1. The fourth-order valence-corrected chi connectivity index (χ4v) is 2.75. The lowest BCUT2D eigenvalue weighted by atomic mass is 9.78. The summed E-state index contributed by atoms with van der Waals surface area (Å²) in [5.41, 5.74) is -1.08. The Morgan fingerprint density at radius 1 is 1.18 bits per heavy atom. The predicted octanol–water partition coefficient (Wildman–Crippen LogP) is 4.81. The van der Waals surface area contributed by atoms with Crippen LogP contribution >= 0.6 is 27.7 Å². The van der Waals surface area contributed by atoms with Crippen LogP contribution in [0.1, 0.15) is 27.7 Å². The van der Waals surface area contributed by atoms with Crippen molar-refractivity contribution in [2.24, 2.45) is 5.41 Å². The largest absolute Gasteiger partial charge is 0.384 e. The van der Waals surface area contributed by atoms with Crippen LogP contribution in [0.3, 0.4) is 0 Å². The molecule has 17 heavy (non-hydrogen) atoms. The van der Waals surface area contributed by atoms with Crippen molar-refractivity contribution in [1.82, 2.24) is 0 Å². The molecule has 0 radical (unpaired) electrons. The third kappa shape index (κ3) is 3.87. The van der Waals surface area contributed by atoms with E-state index < -0.39 is 5.60 Å². The maximum Gasteiger partial charge on any atom is 0.0985 e. The van der Waals surface area contributed by atoms with Crippen LogP contribution < -0.4 is 0 Å². The highest BCUT2D eigenvalue weighted by molar-refractivity contribution is 9.11. The number of rotatable bonds is 3. The van der Waals surface area contributed by atoms with E-state index >= 15 is 0 Å². The molecule has 1 N–H and O–H groups in total. The summed E-state index contributed by atoms with van der Waals surface area (Å²) in [5.74, 6) is 0. The number of halogens is 1. The molecule has 0 saturated heterocycles. The van der Waals surface area contributed by atoms with Crippen molar-refractivity contribution in [3.8, 4) is 0 Å². The van der Waals surface area contributed by atoms with Crippen LogP contribution in [-0.2, 0) is 0 Å². The SMILES string of the molecule is CC(C)(C)C(C)(O)/C(Br)=C/Sc1ccccc1. The fraction of sp³-hybridized carbons (Fsp3) is 0.429. The Kier molecular flexibility index (Phi) is 4.87. The lowest BCUT2D eigenvalue weighted by molar-refractivity contribution is 0.00106. The lowest BCUT2D eigenvalue weighted by Gasteiger charge is -2.37. The van der Waals surface area contributed by atoms with E-state index in [0.717, 1.165) is 9.38 Å². The van der Waals surface area contributed by atoms with Gasteiger partial charge in [0.15, 0.2) is 0 Å². The van der Waals surface area contributed by atoms with E-state index in [0.29, 0.717) is 0 Å². The first-order chi connectivity index (χ1) is 7.75. The minimum absolute atomic E-state index is 0.209. The Bertz CT molecular complexity index is 390. The van der Waals surface area contributed by atoms with Crippen molar-refractivity contribution in [3.05, 3.63) is 40.2 Å². The van der Waals surface area contributed by atoms with Gasteiger partial charge in [-0.15, -0.1) is 0 Å². The van der Waals surface area contributed by atoms with Crippen molar-refractivity contribution in [3.63, 3.8) is 0 Å². The van der Waals surface area contributed by atoms with Crippen molar-refractivity contribution in [2.75, 3.05) is 0 Å². The first-order valence-corrected chi connectivity index (χ1v) is 7.22. The van der Waals surface area contributed by atoms with Crippen LogP contribution in [0.2, 0.25) is 0 Å². The van der Waals surface area contributed by atoms with Crippen molar-refractivity contribution < 1.29 is 5.11 Å². The van der Waals surface area contributed by atoms with E-state index in [2.05, 4.69) is 15.9 Å². The Labute approximate surface area is 116 Å². The second kappa shape index (κ2) is 5.59. The number of thioether (sulfide) groups is 1. The minimum Gasteiger partial charge on any atom is -0.384 e. The minimum atomic E-state index is -0.866. The number of aliphatic hydroxyl groups is 1. The van der Waals surface area contributed by atoms with E-state index in [4.69, 9.17) is 0 Å². The van der Waals surface area contributed by atoms with Gasteiger partial charge < -0.3 is 5.11 Å². The molecule has 1 nitrogen and oxygen atoms in total. The van der Waals surface area contributed by atoms with Gasteiger partial charge in [-0.3, -0.25) is 0 Å². The third-order valence-corrected chi connectivity index (χ3v) is 5.17. The molecule has 1 unspecified atom stereocenters. The molecule has 94 valence electrons. The Hall–Kier alpha value is -0.250. The first-order valence-electron chi connectivity index (χ1n) is 5.55. The van der Waals surface area contributed by atoms with Crippen molar-refractivity contribution in [2.45, 2.75) is 38.2 Å². The normalized spacial score (nSPS) is 16.7. The van der Waals surface area contributed by atoms with Crippen molar-refractivity contribution >= 4 is 27.7 Å². The van der Waals surface area contributed by atoms with Gasteiger partial charge in [-0.2, -0.15) is 0 Å². The Balaban J connectivity index is 2.80. The molecule has 1 rings (SSSR count). The van der Waals surface area contributed by atoms with Crippen LogP contribution in [0.15, 0.2) is 45.1 Å². The molecular formula is C14H19BrOS. The van der Waals surface area contributed by atoms with Gasteiger partial charge in [-0.1, -0.05) is 66.7 Å². The van der Waals surface area contributed by atoms with Gasteiger partial charge in [0, 0.05) is 9.38 Å². The van der Waals surface area contributed by atoms with Crippen LogP contribution in [0.5, 0.6) is 0 Å². The van der Waals surface area contributed by atoms with Crippen molar-refractivity contribution in [1.29, 1.82) is 0 Å². The quantitative estimate of drug-likeness (QED) is 0.808. The molecular weight excluding hydrogens is 296 g/mol. The molecule has 0 amide bonds. The van der Waals surface area contributed by atoms with Gasteiger partial charge in [0.2, 0.25) is 0 Å². The van der Waals surface area contributed by atoms with E-state index in [1.165, 1.54) is 0 Å². The molecule has 0 aliphatic carbocycles. The zero-order valence-corrected chi connectivity index (χ0v) is 13.1. The van der Waals surface area contributed by atoms with E-state index in [1.807, 2.05) is 63.4 Å². The monoisotopic (exact) mass is 314 g/mol. The average Bonchev–Trinajstić information content (AvgIpc) is 2.25. The molecule has 0 aromatic heterocycles. The second-order valence-corrected chi connectivity index (χ2v) is 7.02. The molecule has 0 fully saturated rings. The standard InChI is InChI=1S/C14H19BrOS/c1-13(2,3)14(4,16)12(15)10-17-11-8-6-5-7-9-11/h5-10,16H,1-4H3/b12-10-. The summed E-state index contributed by atoms with van der Waals surface area (Å²) in [4.78, 5) is 1.16. The van der Waals surface area contributed by atoms with E-state index in [-0.39, 0.29) is 5.41 Å². The van der Waals surface area contributed by atoms with E-state index in [1.54, 1.807) is 11.8 Å². The fourth-order valence-electron chi connectivity index (χ4n) is 1.09. The van der Waals surface area contributed by atoms with Gasteiger partial charge in [0.25, 0.3) is 0 Å². The zero-order valence-electron chi connectivity index (χ0n) is 10.7. The van der Waals surface area contributed by atoms with Gasteiger partial charge in [-0.25, -0.2) is 0 Å². The highest BCUT2D eigenvalue weighted by Gasteiger charge is 2.37. The summed E-state index contributed by atoms with van der Waals surface area (Å²) in [5, 5.41) is 12.4. The molecule has 0 saturated carbocycles. The molecule has 1 aromatic carbocycles. The highest BCUT2D eigenvalue weighted by atomic mass is 79.9. The molecule has 1 atom stereocenters. The zero-order chi connectivity index (χ0) is 13.1. The smallest absolute Gasteiger partial charge is 0.0985 e. The third-order valence-electron chi connectivity index (χ3n) is 2.97. The van der Waals surface area contributed by atoms with E-state index in [9.17, 15) is 5.11 Å². The number of hydrogen-bond acceptors (Lipinski definition) is 2. The van der Waals surface area contributed by atoms with Gasteiger partial charge in [0.1, 0.15) is 0 Å². The first kappa shape index (κ1) is 14.8. The van der Waals surface area contributed by atoms with Crippen LogP contribution in [-0.4, -0.2) is 10.7 Å². The summed E-state index contributed by atoms with van der Waals surface area (Å²) in [7, 11) is 0. The summed E-state index contributed by atoms with van der Waals surface area (Å²) < 4.78 is 0.811. The maximum absolute atomic E-state index is 10.5.